The second-order valence-corrected chi connectivity index (χ2v) is 6.16. The first-order valence-electron chi connectivity index (χ1n) is 8.11. The molecule has 1 unspecified atom stereocenters. The normalized spacial score (nSPS) is 18.2. The van der Waals surface area contributed by atoms with Crippen LogP contribution in [-0.2, 0) is 0 Å². The maximum atomic E-state index is 6.00. The topological polar surface area (TPSA) is 76.1 Å². The van der Waals surface area contributed by atoms with E-state index in [1.807, 2.05) is 24.4 Å². The van der Waals surface area contributed by atoms with E-state index in [2.05, 4.69) is 45.9 Å². The third-order valence-corrected chi connectivity index (χ3v) is 4.34. The van der Waals surface area contributed by atoms with Crippen LogP contribution in [0.2, 0.25) is 0 Å². The third-order valence-electron chi connectivity index (χ3n) is 4.34. The van der Waals surface area contributed by atoms with Gasteiger partial charge in [0.25, 0.3) is 0 Å². The molecule has 126 valence electrons. The van der Waals surface area contributed by atoms with Crippen LogP contribution in [0, 0.1) is 0 Å². The van der Waals surface area contributed by atoms with E-state index in [0.717, 1.165) is 34.0 Å². The Labute approximate surface area is 146 Å². The number of amidine groups is 1. The summed E-state index contributed by atoms with van der Waals surface area (Å²) in [6.45, 7) is 4.16. The van der Waals surface area contributed by atoms with Crippen molar-refractivity contribution in [3.05, 3.63) is 42.2 Å². The number of allylic oxidation sites excluding steroid dienone is 1. The lowest BCUT2D eigenvalue weighted by molar-refractivity contribution is 0.400. The van der Waals surface area contributed by atoms with Crippen LogP contribution in [-0.4, -0.2) is 30.2 Å². The zero-order valence-electron chi connectivity index (χ0n) is 14.4. The summed E-state index contributed by atoms with van der Waals surface area (Å²) in [7, 11) is 1.56. The van der Waals surface area contributed by atoms with Crippen molar-refractivity contribution in [1.82, 2.24) is 4.98 Å². The van der Waals surface area contributed by atoms with Crippen molar-refractivity contribution in [3.63, 3.8) is 0 Å². The van der Waals surface area contributed by atoms with E-state index in [1.54, 1.807) is 13.3 Å². The minimum atomic E-state index is 0.160. The number of hydrogen-bond acceptors (Lipinski definition) is 6. The highest BCUT2D eigenvalue weighted by Crippen LogP contribution is 2.39. The van der Waals surface area contributed by atoms with Gasteiger partial charge in [0.1, 0.15) is 0 Å². The fourth-order valence-electron chi connectivity index (χ4n) is 3.23. The van der Waals surface area contributed by atoms with E-state index in [-0.39, 0.29) is 6.04 Å². The number of hydrogen-bond donors (Lipinski definition) is 1. The van der Waals surface area contributed by atoms with E-state index < -0.39 is 0 Å². The molecule has 2 aromatic rings. The summed E-state index contributed by atoms with van der Waals surface area (Å²) >= 11 is 0. The van der Waals surface area contributed by atoms with E-state index >= 15 is 0 Å². The molecule has 2 aliphatic rings. The van der Waals surface area contributed by atoms with Crippen LogP contribution < -0.4 is 15.4 Å². The molecular weight excluding hydrogens is 314 g/mol. The number of nitrogen functional groups attached to an aromatic ring is 1. The first-order valence-corrected chi connectivity index (χ1v) is 8.11. The molecule has 0 bridgehead atoms. The Kier molecular flexibility index (Phi) is 3.53. The van der Waals surface area contributed by atoms with Gasteiger partial charge in [-0.15, -0.1) is 0 Å². The number of rotatable bonds is 2. The molecule has 25 heavy (non-hydrogen) atoms. The molecule has 0 aliphatic carbocycles. The smallest absolute Gasteiger partial charge is 0.236 e. The summed E-state index contributed by atoms with van der Waals surface area (Å²) in [5.74, 6) is 1.30. The lowest BCUT2D eigenvalue weighted by Gasteiger charge is -2.33. The zero-order chi connectivity index (χ0) is 17.6. The van der Waals surface area contributed by atoms with Crippen LogP contribution >= 0.6 is 0 Å². The number of aliphatic imine (C=N–C) groups is 2. The lowest BCUT2D eigenvalue weighted by Crippen LogP contribution is -2.36. The number of benzene rings is 1. The summed E-state index contributed by atoms with van der Waals surface area (Å²) in [4.78, 5) is 15.6. The Balaban J connectivity index is 1.81. The highest BCUT2D eigenvalue weighted by atomic mass is 16.5. The van der Waals surface area contributed by atoms with Gasteiger partial charge in [0.05, 0.1) is 36.4 Å². The molecule has 4 rings (SSSR count). The molecule has 2 N–H and O–H groups in total. The van der Waals surface area contributed by atoms with E-state index in [9.17, 15) is 0 Å². The van der Waals surface area contributed by atoms with Gasteiger partial charge >= 0.3 is 0 Å². The van der Waals surface area contributed by atoms with Gasteiger partial charge in [-0.2, -0.15) is 0 Å². The number of aromatic nitrogens is 1. The number of nitrogens with two attached hydrogens (primary N) is 1. The zero-order valence-corrected chi connectivity index (χ0v) is 14.4. The molecule has 0 saturated carbocycles. The quantitative estimate of drug-likeness (QED) is 0.911. The molecule has 2 aliphatic heterocycles. The Morgan fingerprint density at radius 1 is 1.20 bits per heavy atom. The number of nitrogens with zero attached hydrogens (tertiary/aromatic N) is 4. The van der Waals surface area contributed by atoms with E-state index in [1.165, 1.54) is 0 Å². The van der Waals surface area contributed by atoms with Crippen LogP contribution in [0.3, 0.4) is 0 Å². The Hall–Kier alpha value is -3.15. The Morgan fingerprint density at radius 3 is 2.80 bits per heavy atom. The molecule has 0 spiro atoms. The Bertz CT molecular complexity index is 945. The van der Waals surface area contributed by atoms with Crippen molar-refractivity contribution < 1.29 is 4.74 Å². The average molecular weight is 333 g/mol. The highest BCUT2D eigenvalue weighted by molar-refractivity contribution is 6.39. The van der Waals surface area contributed by atoms with Crippen molar-refractivity contribution in [1.29, 1.82) is 0 Å². The number of ether oxygens (including phenoxy) is 1. The molecule has 0 fully saturated rings. The maximum absolute atomic E-state index is 6.00. The number of fused-ring (bicyclic) bond motifs is 3. The predicted octanol–water partition coefficient (Wildman–Crippen LogP) is 3.57. The number of anilines is 2. The second-order valence-electron chi connectivity index (χ2n) is 6.16. The fourth-order valence-corrected chi connectivity index (χ4v) is 3.23. The SMILES string of the molecule is COc1ncc(-c2ccc3c(c2)N2C(C)=CC(C)N=C2C=N3)cc1N. The summed E-state index contributed by atoms with van der Waals surface area (Å²) < 4.78 is 5.13. The maximum Gasteiger partial charge on any atom is 0.236 e. The predicted molar refractivity (Wildman–Crippen MR) is 102 cm³/mol. The summed E-state index contributed by atoms with van der Waals surface area (Å²) in [6, 6.07) is 8.15. The summed E-state index contributed by atoms with van der Waals surface area (Å²) in [5.41, 5.74) is 11.5. The Morgan fingerprint density at radius 2 is 2.04 bits per heavy atom. The van der Waals surface area contributed by atoms with E-state index in [0.29, 0.717) is 11.6 Å². The summed E-state index contributed by atoms with van der Waals surface area (Å²) in [6.07, 6.45) is 5.73. The van der Waals surface area contributed by atoms with Crippen LogP contribution in [0.4, 0.5) is 17.1 Å². The largest absolute Gasteiger partial charge is 0.480 e. The van der Waals surface area contributed by atoms with E-state index in [4.69, 9.17) is 10.5 Å². The van der Waals surface area contributed by atoms with Gasteiger partial charge in [-0.25, -0.2) is 4.98 Å². The van der Waals surface area contributed by atoms with Crippen molar-refractivity contribution in [2.75, 3.05) is 17.7 Å². The standard InChI is InChI=1S/C19H19N5O/c1-11-6-12(2)24-17-8-13(4-5-16(17)21-10-18(24)23-11)14-7-15(20)19(25-3)22-9-14/h4-11H,20H2,1-3H3. The fraction of sp³-hybridized carbons (Fsp3) is 0.211. The van der Waals surface area contributed by atoms with Crippen molar-refractivity contribution >= 4 is 29.1 Å². The van der Waals surface area contributed by atoms with Crippen LogP contribution in [0.1, 0.15) is 13.8 Å². The second kappa shape index (κ2) is 5.73. The monoisotopic (exact) mass is 333 g/mol. The number of methoxy groups -OCH3 is 1. The molecule has 1 aromatic heterocycles. The third kappa shape index (κ3) is 2.55. The van der Waals surface area contributed by atoms with Gasteiger partial charge in [-0.1, -0.05) is 6.07 Å². The van der Waals surface area contributed by atoms with Gasteiger partial charge in [0, 0.05) is 17.5 Å². The first kappa shape index (κ1) is 15.4. The van der Waals surface area contributed by atoms with Crippen molar-refractivity contribution in [2.45, 2.75) is 19.9 Å². The molecule has 1 atom stereocenters. The molecule has 0 radical (unpaired) electrons. The van der Waals surface area contributed by atoms with Gasteiger partial charge < -0.3 is 10.5 Å². The molecule has 3 heterocycles. The molecule has 6 nitrogen and oxygen atoms in total. The highest BCUT2D eigenvalue weighted by Gasteiger charge is 2.25. The van der Waals surface area contributed by atoms with Crippen LogP contribution in [0.5, 0.6) is 5.88 Å². The molecule has 0 saturated heterocycles. The first-order chi connectivity index (χ1) is 12.1. The van der Waals surface area contributed by atoms with Gasteiger partial charge in [-0.05, 0) is 43.7 Å². The molecule has 6 heteroatoms. The molecular formula is C19H19N5O. The number of pyridine rings is 1. The molecule has 0 amide bonds. The van der Waals surface area contributed by atoms with Gasteiger partial charge in [0.15, 0.2) is 5.84 Å². The minimum Gasteiger partial charge on any atom is -0.480 e. The lowest BCUT2D eigenvalue weighted by atomic mass is 10.0. The molecule has 1 aromatic carbocycles. The van der Waals surface area contributed by atoms with Gasteiger partial charge in [0.2, 0.25) is 5.88 Å². The van der Waals surface area contributed by atoms with Crippen LogP contribution in [0.25, 0.3) is 11.1 Å². The van der Waals surface area contributed by atoms with Crippen molar-refractivity contribution in [3.8, 4) is 17.0 Å². The van der Waals surface area contributed by atoms with Gasteiger partial charge in [-0.3, -0.25) is 14.9 Å². The minimum absolute atomic E-state index is 0.160. The van der Waals surface area contributed by atoms with Crippen molar-refractivity contribution in [2.24, 2.45) is 9.98 Å². The van der Waals surface area contributed by atoms with Crippen LogP contribution in [0.15, 0.2) is 52.2 Å². The average Bonchev–Trinajstić information content (AvgIpc) is 2.60. The summed E-state index contributed by atoms with van der Waals surface area (Å²) in [5, 5.41) is 0.